The highest BCUT2D eigenvalue weighted by Crippen LogP contribution is 2.29. The standard InChI is InChI=1S/C12H16N4OS2/c1-18-8-10-14-11(17-15-10)6-16(9-2-3-9)7-12-13-4-5-19-12/h4-5,9H,2-3,6-8H2,1H3. The molecule has 0 radical (unpaired) electrons. The molecule has 7 heteroatoms. The van der Waals surface area contributed by atoms with Crippen LogP contribution in [0.4, 0.5) is 0 Å². The summed E-state index contributed by atoms with van der Waals surface area (Å²) in [6, 6.07) is 0.653. The van der Waals surface area contributed by atoms with E-state index in [-0.39, 0.29) is 0 Å². The van der Waals surface area contributed by atoms with E-state index < -0.39 is 0 Å². The minimum absolute atomic E-state index is 0.653. The van der Waals surface area contributed by atoms with Crippen LogP contribution in [-0.2, 0) is 18.8 Å². The molecule has 3 rings (SSSR count). The molecule has 0 aliphatic heterocycles. The van der Waals surface area contributed by atoms with Crippen LogP contribution in [0, 0.1) is 0 Å². The first-order chi connectivity index (χ1) is 9.35. The molecule has 2 aromatic rings. The fourth-order valence-electron chi connectivity index (χ4n) is 1.97. The predicted molar refractivity (Wildman–Crippen MR) is 75.9 cm³/mol. The van der Waals surface area contributed by atoms with Gasteiger partial charge in [-0.15, -0.1) is 11.3 Å². The maximum atomic E-state index is 5.31. The summed E-state index contributed by atoms with van der Waals surface area (Å²) in [6.07, 6.45) is 6.41. The Balaban J connectivity index is 1.63. The summed E-state index contributed by atoms with van der Waals surface area (Å²) in [5, 5.41) is 7.16. The van der Waals surface area contributed by atoms with Crippen LogP contribution in [0.1, 0.15) is 29.6 Å². The van der Waals surface area contributed by atoms with E-state index in [1.54, 1.807) is 23.1 Å². The zero-order chi connectivity index (χ0) is 13.1. The van der Waals surface area contributed by atoms with Crippen molar-refractivity contribution in [2.75, 3.05) is 6.26 Å². The molecular weight excluding hydrogens is 280 g/mol. The van der Waals surface area contributed by atoms with Gasteiger partial charge in [0.1, 0.15) is 5.01 Å². The van der Waals surface area contributed by atoms with Gasteiger partial charge in [-0.2, -0.15) is 16.7 Å². The third-order valence-electron chi connectivity index (χ3n) is 3.01. The van der Waals surface area contributed by atoms with Gasteiger partial charge in [-0.05, 0) is 19.1 Å². The normalized spacial score (nSPS) is 15.3. The van der Waals surface area contributed by atoms with E-state index in [2.05, 4.69) is 20.0 Å². The zero-order valence-electron chi connectivity index (χ0n) is 10.8. The SMILES string of the molecule is CSCc1noc(CN(Cc2nccs2)C2CC2)n1. The molecule has 0 saturated heterocycles. The summed E-state index contributed by atoms with van der Waals surface area (Å²) in [5.74, 6) is 2.30. The summed E-state index contributed by atoms with van der Waals surface area (Å²) < 4.78 is 5.31. The summed E-state index contributed by atoms with van der Waals surface area (Å²) in [5.41, 5.74) is 0. The van der Waals surface area contributed by atoms with Gasteiger partial charge in [-0.25, -0.2) is 4.98 Å². The van der Waals surface area contributed by atoms with Crippen molar-refractivity contribution in [3.63, 3.8) is 0 Å². The van der Waals surface area contributed by atoms with Crippen LogP contribution in [0.3, 0.4) is 0 Å². The molecule has 19 heavy (non-hydrogen) atoms. The monoisotopic (exact) mass is 296 g/mol. The molecule has 102 valence electrons. The quantitative estimate of drug-likeness (QED) is 0.782. The van der Waals surface area contributed by atoms with Crippen LogP contribution in [0.15, 0.2) is 16.1 Å². The molecule has 0 bridgehead atoms. The Labute approximate surface area is 120 Å². The maximum Gasteiger partial charge on any atom is 0.240 e. The van der Waals surface area contributed by atoms with Crippen LogP contribution < -0.4 is 0 Å². The van der Waals surface area contributed by atoms with E-state index in [0.717, 1.165) is 29.7 Å². The van der Waals surface area contributed by atoms with Crippen molar-refractivity contribution >= 4 is 23.1 Å². The van der Waals surface area contributed by atoms with Crippen molar-refractivity contribution in [1.82, 2.24) is 20.0 Å². The molecule has 0 amide bonds. The van der Waals surface area contributed by atoms with E-state index in [1.165, 1.54) is 12.8 Å². The molecule has 0 aromatic carbocycles. The number of thioether (sulfide) groups is 1. The first-order valence-corrected chi connectivity index (χ1v) is 8.55. The van der Waals surface area contributed by atoms with Gasteiger partial charge in [0.05, 0.1) is 18.8 Å². The van der Waals surface area contributed by atoms with E-state index in [9.17, 15) is 0 Å². The van der Waals surface area contributed by atoms with E-state index in [4.69, 9.17) is 4.52 Å². The second kappa shape index (κ2) is 6.02. The molecule has 0 atom stereocenters. The Bertz CT molecular complexity index is 510. The largest absolute Gasteiger partial charge is 0.338 e. The molecule has 5 nitrogen and oxygen atoms in total. The molecule has 2 heterocycles. The van der Waals surface area contributed by atoms with Crippen molar-refractivity contribution in [1.29, 1.82) is 0 Å². The minimum atomic E-state index is 0.653. The maximum absolute atomic E-state index is 5.31. The highest BCUT2D eigenvalue weighted by molar-refractivity contribution is 7.97. The topological polar surface area (TPSA) is 55.1 Å². The van der Waals surface area contributed by atoms with Crippen molar-refractivity contribution in [2.24, 2.45) is 0 Å². The zero-order valence-corrected chi connectivity index (χ0v) is 12.4. The van der Waals surface area contributed by atoms with Gasteiger partial charge in [0, 0.05) is 17.6 Å². The lowest BCUT2D eigenvalue weighted by molar-refractivity contribution is 0.209. The van der Waals surface area contributed by atoms with Crippen LogP contribution in [0.2, 0.25) is 0 Å². The van der Waals surface area contributed by atoms with Crippen molar-refractivity contribution in [2.45, 2.75) is 37.7 Å². The lowest BCUT2D eigenvalue weighted by Crippen LogP contribution is -2.25. The molecule has 1 aliphatic carbocycles. The van der Waals surface area contributed by atoms with E-state index in [1.807, 2.05) is 17.8 Å². The van der Waals surface area contributed by atoms with Crippen LogP contribution in [0.5, 0.6) is 0 Å². The first-order valence-electron chi connectivity index (χ1n) is 6.28. The fourth-order valence-corrected chi connectivity index (χ4v) is 2.99. The third kappa shape index (κ3) is 3.55. The van der Waals surface area contributed by atoms with E-state index in [0.29, 0.717) is 11.9 Å². The second-order valence-corrected chi connectivity index (χ2v) is 6.44. The lowest BCUT2D eigenvalue weighted by atomic mass is 10.4. The molecule has 0 unspecified atom stereocenters. The highest BCUT2D eigenvalue weighted by atomic mass is 32.2. The number of hydrogen-bond acceptors (Lipinski definition) is 7. The third-order valence-corrected chi connectivity index (χ3v) is 4.32. The van der Waals surface area contributed by atoms with Crippen LogP contribution >= 0.6 is 23.1 Å². The Morgan fingerprint density at radius 3 is 3.05 bits per heavy atom. The molecule has 0 N–H and O–H groups in total. The number of nitrogens with zero attached hydrogens (tertiary/aromatic N) is 4. The molecule has 1 fully saturated rings. The molecular formula is C12H16N4OS2. The number of thiazole rings is 1. The fraction of sp³-hybridized carbons (Fsp3) is 0.583. The molecule has 1 saturated carbocycles. The highest BCUT2D eigenvalue weighted by Gasteiger charge is 2.30. The van der Waals surface area contributed by atoms with Crippen LogP contribution in [-0.4, -0.2) is 32.3 Å². The van der Waals surface area contributed by atoms with Gasteiger partial charge in [0.25, 0.3) is 0 Å². The van der Waals surface area contributed by atoms with Crippen LogP contribution in [0.25, 0.3) is 0 Å². The second-order valence-electron chi connectivity index (χ2n) is 4.60. The van der Waals surface area contributed by atoms with Crippen molar-refractivity contribution in [3.05, 3.63) is 28.3 Å². The first kappa shape index (κ1) is 13.1. The van der Waals surface area contributed by atoms with Gasteiger partial charge < -0.3 is 4.52 Å². The summed E-state index contributed by atoms with van der Waals surface area (Å²) in [7, 11) is 0. The number of aromatic nitrogens is 3. The summed E-state index contributed by atoms with van der Waals surface area (Å²) >= 11 is 3.40. The Kier molecular flexibility index (Phi) is 4.15. The number of hydrogen-bond donors (Lipinski definition) is 0. The van der Waals surface area contributed by atoms with E-state index >= 15 is 0 Å². The lowest BCUT2D eigenvalue weighted by Gasteiger charge is -2.18. The summed E-state index contributed by atoms with van der Waals surface area (Å²) in [4.78, 5) is 11.2. The molecule has 1 aliphatic rings. The van der Waals surface area contributed by atoms with Crippen molar-refractivity contribution < 1.29 is 4.52 Å². The summed E-state index contributed by atoms with van der Waals surface area (Å²) in [6.45, 7) is 1.61. The van der Waals surface area contributed by atoms with Crippen molar-refractivity contribution in [3.8, 4) is 0 Å². The average molecular weight is 296 g/mol. The van der Waals surface area contributed by atoms with Gasteiger partial charge in [-0.3, -0.25) is 4.90 Å². The number of rotatable bonds is 7. The molecule has 2 aromatic heterocycles. The molecule has 0 spiro atoms. The minimum Gasteiger partial charge on any atom is -0.338 e. The van der Waals surface area contributed by atoms with Gasteiger partial charge in [-0.1, -0.05) is 5.16 Å². The Morgan fingerprint density at radius 2 is 2.37 bits per heavy atom. The average Bonchev–Trinajstić information content (AvgIpc) is 2.95. The van der Waals surface area contributed by atoms with Gasteiger partial charge in [0.15, 0.2) is 5.82 Å². The predicted octanol–water partition coefficient (Wildman–Crippen LogP) is 2.55. The Morgan fingerprint density at radius 1 is 1.47 bits per heavy atom. The van der Waals surface area contributed by atoms with Gasteiger partial charge >= 0.3 is 0 Å². The Hall–Kier alpha value is -0.920. The van der Waals surface area contributed by atoms with Gasteiger partial charge in [0.2, 0.25) is 5.89 Å². The smallest absolute Gasteiger partial charge is 0.240 e.